The number of carbonyl (C=O) groups is 2. The van der Waals surface area contributed by atoms with Crippen LogP contribution in [0.1, 0.15) is 76.6 Å². The summed E-state index contributed by atoms with van der Waals surface area (Å²) in [4.78, 5) is 27.8. The normalized spacial score (nSPS) is 18.3. The number of nitrogens with zero attached hydrogens (tertiary/aromatic N) is 4. The molecule has 4 N–H and O–H groups in total. The first-order valence-electron chi connectivity index (χ1n) is 16.1. The molecule has 1 unspecified atom stereocenters. The first kappa shape index (κ1) is 35.5. The van der Waals surface area contributed by atoms with Crippen molar-refractivity contribution in [3.05, 3.63) is 107 Å². The van der Waals surface area contributed by atoms with Gasteiger partial charge in [0.05, 0.1) is 23.9 Å². The molecule has 10 heteroatoms. The number of benzene rings is 2. The minimum atomic E-state index is -1.87. The van der Waals surface area contributed by atoms with E-state index in [4.69, 9.17) is 0 Å². The maximum Gasteiger partial charge on any atom is 0.264 e. The van der Waals surface area contributed by atoms with Gasteiger partial charge in [-0.2, -0.15) is 0 Å². The minimum absolute atomic E-state index is 0.0824. The van der Waals surface area contributed by atoms with E-state index in [-0.39, 0.29) is 12.5 Å². The van der Waals surface area contributed by atoms with Crippen molar-refractivity contribution in [1.82, 2.24) is 15.0 Å². The van der Waals surface area contributed by atoms with Crippen molar-refractivity contribution in [2.75, 3.05) is 23.4 Å². The Balaban J connectivity index is 1.51. The molecule has 1 aliphatic heterocycles. The lowest BCUT2D eigenvalue weighted by Crippen LogP contribution is -2.44. The topological polar surface area (TPSA) is 141 Å². The predicted octanol–water partition coefficient (Wildman–Crippen LogP) is 5.23. The second kappa shape index (κ2) is 15.9. The molecule has 1 aromatic heterocycles. The van der Waals surface area contributed by atoms with Crippen molar-refractivity contribution in [2.24, 2.45) is 5.92 Å². The van der Waals surface area contributed by atoms with Gasteiger partial charge in [-0.25, -0.2) is 0 Å². The Morgan fingerprint density at radius 2 is 1.81 bits per heavy atom. The minimum Gasteiger partial charge on any atom is -0.395 e. The number of aromatic nitrogens is 3. The number of anilines is 2. The van der Waals surface area contributed by atoms with Crippen molar-refractivity contribution in [3.63, 3.8) is 0 Å². The summed E-state index contributed by atoms with van der Waals surface area (Å²) in [7, 11) is 0. The van der Waals surface area contributed by atoms with Crippen LogP contribution in [-0.4, -0.2) is 61.4 Å². The Kier molecular flexibility index (Phi) is 12.0. The largest absolute Gasteiger partial charge is 0.395 e. The lowest BCUT2D eigenvalue weighted by atomic mass is 9.82. The molecule has 47 heavy (non-hydrogen) atoms. The number of carbonyl (C=O) groups excluding carboxylic acids is 2. The third-order valence-electron chi connectivity index (χ3n) is 8.54. The molecule has 0 saturated carbocycles. The fourth-order valence-electron chi connectivity index (χ4n) is 5.67. The fourth-order valence-corrected chi connectivity index (χ4v) is 5.67. The number of allylic oxidation sites excluding steroid dienone is 4. The average Bonchev–Trinajstić information content (AvgIpc) is 3.59. The maximum absolute atomic E-state index is 14.0. The second-order valence-corrected chi connectivity index (χ2v) is 12.5. The van der Waals surface area contributed by atoms with Crippen LogP contribution in [-0.2, 0) is 21.7 Å². The zero-order chi connectivity index (χ0) is 34.1. The molecule has 2 heterocycles. The highest BCUT2D eigenvalue weighted by molar-refractivity contribution is 6.08. The Morgan fingerprint density at radius 1 is 1.06 bits per heavy atom. The number of amides is 2. The van der Waals surface area contributed by atoms with Crippen LogP contribution in [0.2, 0.25) is 0 Å². The van der Waals surface area contributed by atoms with Gasteiger partial charge in [-0.05, 0) is 70.7 Å². The molecular formula is C37H47N5O5. The lowest BCUT2D eigenvalue weighted by Gasteiger charge is -2.27. The van der Waals surface area contributed by atoms with Crippen molar-refractivity contribution in [3.8, 4) is 0 Å². The monoisotopic (exact) mass is 641 g/mol. The van der Waals surface area contributed by atoms with Gasteiger partial charge in [0.2, 0.25) is 0 Å². The van der Waals surface area contributed by atoms with E-state index in [2.05, 4.69) is 35.6 Å². The van der Waals surface area contributed by atoms with Crippen molar-refractivity contribution >= 4 is 23.2 Å². The molecular weight excluding hydrogens is 594 g/mol. The van der Waals surface area contributed by atoms with Gasteiger partial charge in [-0.3, -0.25) is 14.3 Å². The molecule has 0 fully saturated rings. The molecule has 3 aromatic rings. The third-order valence-corrected chi connectivity index (χ3v) is 8.54. The first-order valence-corrected chi connectivity index (χ1v) is 16.1. The first-order chi connectivity index (χ1) is 22.4. The zero-order valence-electron chi connectivity index (χ0n) is 27.9. The second-order valence-electron chi connectivity index (χ2n) is 12.5. The number of aryl methyl sites for hydroxylation is 1. The highest BCUT2D eigenvalue weighted by atomic mass is 16.3. The summed E-state index contributed by atoms with van der Waals surface area (Å²) in [6.07, 6.45) is 10.9. The van der Waals surface area contributed by atoms with Crippen LogP contribution in [0.5, 0.6) is 0 Å². The standard InChI is InChI=1S/C37H47N5O5/c1-25(2)12-11-13-26(3)19-21-42-34-18-17-30(38-35(45)28(5)44)22-32(34)37(47,36(42)46)27(4)14-9-10-20-41-23-33(39-40-41)31(24-43)29-15-7-6-8-16-29/h6-9,12,14-19,22-23,27-28,31,43-44,47H,10-11,13,20-21,24H2,1-5H3,(H,38,45)/b14-9+,26-19+/t27-,28+,31?,37+/m1/s1. The number of nitrogens with one attached hydrogen (secondary N) is 1. The Morgan fingerprint density at radius 3 is 2.49 bits per heavy atom. The highest BCUT2D eigenvalue weighted by Crippen LogP contribution is 2.46. The van der Waals surface area contributed by atoms with Gasteiger partial charge < -0.3 is 25.5 Å². The molecule has 10 nitrogen and oxygen atoms in total. The van der Waals surface area contributed by atoms with Crippen LogP contribution >= 0.6 is 0 Å². The van der Waals surface area contributed by atoms with E-state index in [0.717, 1.165) is 24.0 Å². The van der Waals surface area contributed by atoms with Gasteiger partial charge in [0.25, 0.3) is 11.8 Å². The van der Waals surface area contributed by atoms with Crippen LogP contribution in [0, 0.1) is 5.92 Å². The van der Waals surface area contributed by atoms with E-state index >= 15 is 0 Å². The van der Waals surface area contributed by atoms with Crippen molar-refractivity contribution in [2.45, 2.75) is 78.0 Å². The van der Waals surface area contributed by atoms with Crippen molar-refractivity contribution < 1.29 is 24.9 Å². The fraction of sp³-hybridized carbons (Fsp3) is 0.405. The van der Waals surface area contributed by atoms with Gasteiger partial charge in [0, 0.05) is 36.5 Å². The van der Waals surface area contributed by atoms with Gasteiger partial charge in [0.15, 0.2) is 5.60 Å². The number of fused-ring (bicyclic) bond motifs is 1. The van der Waals surface area contributed by atoms with E-state index in [1.807, 2.05) is 61.7 Å². The molecule has 0 bridgehead atoms. The maximum atomic E-state index is 14.0. The molecule has 1 aliphatic rings. The van der Waals surface area contributed by atoms with Crippen LogP contribution in [0.25, 0.3) is 0 Å². The van der Waals surface area contributed by atoms with Gasteiger partial charge in [-0.1, -0.05) is 77.9 Å². The molecule has 2 aromatic carbocycles. The van der Waals surface area contributed by atoms with Crippen molar-refractivity contribution in [1.29, 1.82) is 0 Å². The third kappa shape index (κ3) is 8.51. The number of hydrogen-bond donors (Lipinski definition) is 4. The number of hydrogen-bond acceptors (Lipinski definition) is 7. The summed E-state index contributed by atoms with van der Waals surface area (Å²) < 4.78 is 1.71. The predicted molar refractivity (Wildman–Crippen MR) is 184 cm³/mol. The van der Waals surface area contributed by atoms with E-state index in [0.29, 0.717) is 42.1 Å². The summed E-state index contributed by atoms with van der Waals surface area (Å²) >= 11 is 0. The SMILES string of the molecule is CC(C)=CCC/C(C)=C/CN1C(=O)[C@](O)([C@H](C)/C=C/CCn2cc(C(CO)c3ccccc3)nn2)c2cc(NC(=O)[C@H](C)O)ccc21. The quantitative estimate of drug-likeness (QED) is 0.167. The number of rotatable bonds is 15. The summed E-state index contributed by atoms with van der Waals surface area (Å²) in [5.74, 6) is -1.89. The number of aliphatic hydroxyl groups excluding tert-OH is 2. The highest BCUT2D eigenvalue weighted by Gasteiger charge is 2.52. The van der Waals surface area contributed by atoms with Crippen LogP contribution in [0.3, 0.4) is 0 Å². The summed E-state index contributed by atoms with van der Waals surface area (Å²) in [6.45, 7) is 10.1. The molecule has 0 aliphatic carbocycles. The molecule has 2 amide bonds. The Hall–Kier alpha value is -4.38. The molecule has 250 valence electrons. The average molecular weight is 642 g/mol. The van der Waals surface area contributed by atoms with E-state index in [1.54, 1.807) is 34.7 Å². The van der Waals surface area contributed by atoms with Gasteiger partial charge in [-0.15, -0.1) is 5.10 Å². The summed E-state index contributed by atoms with van der Waals surface area (Å²) in [5.41, 5.74) is 3.53. The van der Waals surface area contributed by atoms with Gasteiger partial charge >= 0.3 is 0 Å². The molecule has 0 radical (unpaired) electrons. The van der Waals surface area contributed by atoms with Crippen LogP contribution < -0.4 is 10.2 Å². The molecule has 4 atom stereocenters. The Labute approximate surface area is 277 Å². The number of aliphatic hydroxyl groups is 3. The smallest absolute Gasteiger partial charge is 0.264 e. The van der Waals surface area contributed by atoms with Crippen LogP contribution in [0.4, 0.5) is 11.4 Å². The molecule has 0 saturated heterocycles. The summed E-state index contributed by atoms with van der Waals surface area (Å²) in [6, 6.07) is 14.7. The van der Waals surface area contributed by atoms with Crippen LogP contribution in [0.15, 0.2) is 90.2 Å². The summed E-state index contributed by atoms with van der Waals surface area (Å²) in [5, 5.41) is 42.9. The molecule has 0 spiro atoms. The van der Waals surface area contributed by atoms with E-state index in [9.17, 15) is 24.9 Å². The van der Waals surface area contributed by atoms with E-state index < -0.39 is 29.4 Å². The van der Waals surface area contributed by atoms with Gasteiger partial charge in [0.1, 0.15) is 6.10 Å². The molecule has 4 rings (SSSR count). The lowest BCUT2D eigenvalue weighted by molar-refractivity contribution is -0.139. The zero-order valence-corrected chi connectivity index (χ0v) is 27.9. The Bertz CT molecular complexity index is 1620. The van der Waals surface area contributed by atoms with E-state index in [1.165, 1.54) is 12.5 Å².